The van der Waals surface area contributed by atoms with Crippen molar-refractivity contribution in [1.29, 1.82) is 0 Å². The molecule has 0 unspecified atom stereocenters. The lowest BCUT2D eigenvalue weighted by Gasteiger charge is -2.24. The van der Waals surface area contributed by atoms with Gasteiger partial charge in [0.05, 0.1) is 11.2 Å². The Kier molecular flexibility index (Phi) is 6.05. The highest BCUT2D eigenvalue weighted by Gasteiger charge is 2.14. The number of nitrogens with two attached hydrogens (primary N) is 1. The minimum atomic E-state index is 0. The summed E-state index contributed by atoms with van der Waals surface area (Å²) in [6, 6.07) is 14.5. The number of pyridine rings is 2. The summed E-state index contributed by atoms with van der Waals surface area (Å²) in [5, 5.41) is 7.95. The van der Waals surface area contributed by atoms with E-state index in [2.05, 4.69) is 38.8 Å². The second-order valence-corrected chi connectivity index (χ2v) is 6.55. The maximum absolute atomic E-state index is 6.09. The number of rotatable bonds is 5. The molecule has 0 saturated carbocycles. The summed E-state index contributed by atoms with van der Waals surface area (Å²) < 4.78 is 5.40. The molecule has 0 amide bonds. The predicted molar refractivity (Wildman–Crippen MR) is 110 cm³/mol. The largest absolute Gasteiger partial charge is 0.396 e. The van der Waals surface area contributed by atoms with Crippen LogP contribution in [-0.4, -0.2) is 29.2 Å². The molecule has 1 aromatic carbocycles. The van der Waals surface area contributed by atoms with E-state index < -0.39 is 0 Å². The van der Waals surface area contributed by atoms with Gasteiger partial charge in [0.2, 0.25) is 0 Å². The average molecular weight is 366 g/mol. The van der Waals surface area contributed by atoms with E-state index >= 15 is 0 Å². The number of benzene rings is 1. The Bertz CT molecular complexity index is 895. The summed E-state index contributed by atoms with van der Waals surface area (Å²) in [5.74, 6) is 1.55. The molecule has 0 spiro atoms. The van der Waals surface area contributed by atoms with Crippen molar-refractivity contribution in [2.45, 2.75) is 25.4 Å². The van der Waals surface area contributed by atoms with Crippen LogP contribution >= 0.6 is 0 Å². The van der Waals surface area contributed by atoms with Crippen LogP contribution in [0.3, 0.4) is 0 Å². The Hall–Kier alpha value is -2.90. The quantitative estimate of drug-likeness (QED) is 0.545. The molecule has 4 rings (SSSR count). The molecule has 0 aliphatic carbocycles. The Balaban J connectivity index is 0.00000210. The van der Waals surface area contributed by atoms with Gasteiger partial charge in [-0.3, -0.25) is 4.98 Å². The van der Waals surface area contributed by atoms with Gasteiger partial charge in [0.15, 0.2) is 5.82 Å². The Labute approximate surface area is 158 Å². The molecule has 0 radical (unpaired) electrons. The summed E-state index contributed by atoms with van der Waals surface area (Å²) >= 11 is 0. The molecule has 3 heterocycles. The number of hydrogen-bond acceptors (Lipinski definition) is 7. The van der Waals surface area contributed by atoms with Crippen LogP contribution in [0.1, 0.15) is 18.4 Å². The van der Waals surface area contributed by atoms with E-state index in [1.807, 2.05) is 30.5 Å². The van der Waals surface area contributed by atoms with Crippen molar-refractivity contribution >= 4 is 28.2 Å². The van der Waals surface area contributed by atoms with Crippen LogP contribution in [0.15, 0.2) is 48.7 Å². The van der Waals surface area contributed by atoms with E-state index in [0.29, 0.717) is 24.1 Å². The summed E-state index contributed by atoms with van der Waals surface area (Å²) in [7, 11) is 0. The molecule has 1 aliphatic rings. The number of nitrogens with one attached hydrogen (secondary N) is 2. The highest BCUT2D eigenvalue weighted by Crippen LogP contribution is 2.22. The lowest BCUT2D eigenvalue weighted by atomic mass is 10.1. The molecule has 1 aliphatic heterocycles. The molecule has 3 aromatic rings. The van der Waals surface area contributed by atoms with Gasteiger partial charge in [0, 0.05) is 37.4 Å². The maximum Gasteiger partial charge on any atom is 0.151 e. The first-order valence-electron chi connectivity index (χ1n) is 8.96. The van der Waals surface area contributed by atoms with Gasteiger partial charge in [-0.1, -0.05) is 12.1 Å². The van der Waals surface area contributed by atoms with E-state index in [-0.39, 0.29) is 6.15 Å². The second-order valence-electron chi connectivity index (χ2n) is 6.55. The van der Waals surface area contributed by atoms with E-state index in [4.69, 9.17) is 10.5 Å². The van der Waals surface area contributed by atoms with E-state index in [9.17, 15) is 0 Å². The summed E-state index contributed by atoms with van der Waals surface area (Å²) in [6.45, 7) is 2.26. The lowest BCUT2D eigenvalue weighted by molar-refractivity contribution is 0.0904. The minimum absolute atomic E-state index is 0. The molecule has 2 aromatic heterocycles. The number of aromatic nitrogens is 2. The van der Waals surface area contributed by atoms with Gasteiger partial charge in [-0.05, 0) is 48.7 Å². The van der Waals surface area contributed by atoms with Crippen molar-refractivity contribution in [3.63, 3.8) is 0 Å². The zero-order valence-corrected chi connectivity index (χ0v) is 15.3. The van der Waals surface area contributed by atoms with Gasteiger partial charge in [0.1, 0.15) is 5.82 Å². The Morgan fingerprint density at radius 3 is 2.81 bits per heavy atom. The number of hydrogen-bond donors (Lipinski definition) is 4. The van der Waals surface area contributed by atoms with Crippen molar-refractivity contribution in [3.8, 4) is 0 Å². The van der Waals surface area contributed by atoms with Crippen LogP contribution < -0.4 is 22.5 Å². The van der Waals surface area contributed by atoms with Gasteiger partial charge in [-0.2, -0.15) is 0 Å². The van der Waals surface area contributed by atoms with Gasteiger partial charge in [-0.15, -0.1) is 0 Å². The lowest BCUT2D eigenvalue weighted by Crippen LogP contribution is -2.28. The monoisotopic (exact) mass is 366 g/mol. The fourth-order valence-corrected chi connectivity index (χ4v) is 3.16. The van der Waals surface area contributed by atoms with Crippen LogP contribution in [-0.2, 0) is 11.3 Å². The first-order valence-corrected chi connectivity index (χ1v) is 8.96. The summed E-state index contributed by atoms with van der Waals surface area (Å²) in [6.07, 6.45) is 3.81. The highest BCUT2D eigenvalue weighted by molar-refractivity contribution is 5.79. The third-order valence-corrected chi connectivity index (χ3v) is 4.63. The summed E-state index contributed by atoms with van der Waals surface area (Å²) in [4.78, 5) is 9.00. The molecule has 27 heavy (non-hydrogen) atoms. The molecule has 142 valence electrons. The molecule has 7 heteroatoms. The fraction of sp³-hybridized carbons (Fsp3) is 0.300. The van der Waals surface area contributed by atoms with Crippen LogP contribution in [0.5, 0.6) is 0 Å². The third-order valence-electron chi connectivity index (χ3n) is 4.63. The number of fused-ring (bicyclic) bond motifs is 1. The van der Waals surface area contributed by atoms with Crippen LogP contribution in [0, 0.1) is 0 Å². The topological polar surface area (TPSA) is 120 Å². The number of ether oxygens (including phenoxy) is 1. The van der Waals surface area contributed by atoms with E-state index in [1.54, 1.807) is 0 Å². The van der Waals surface area contributed by atoms with E-state index in [0.717, 1.165) is 48.3 Å². The smallest absolute Gasteiger partial charge is 0.151 e. The molecule has 1 saturated heterocycles. The Morgan fingerprint density at radius 2 is 1.96 bits per heavy atom. The van der Waals surface area contributed by atoms with Crippen LogP contribution in [0.25, 0.3) is 10.9 Å². The van der Waals surface area contributed by atoms with Crippen LogP contribution in [0.2, 0.25) is 0 Å². The van der Waals surface area contributed by atoms with Crippen LogP contribution in [0.4, 0.5) is 17.3 Å². The van der Waals surface area contributed by atoms with Crippen molar-refractivity contribution in [2.24, 2.45) is 0 Å². The SMILES string of the molecule is N.Nc1ccc(NC2CCOCC2)nc1NCc1ccc2ncccc2c1. The number of nitrogen functional groups attached to an aromatic ring is 1. The third kappa shape index (κ3) is 4.64. The maximum atomic E-state index is 6.09. The van der Waals surface area contributed by atoms with E-state index in [1.165, 1.54) is 0 Å². The fourth-order valence-electron chi connectivity index (χ4n) is 3.16. The van der Waals surface area contributed by atoms with Gasteiger partial charge in [-0.25, -0.2) is 4.98 Å². The number of nitrogens with zero attached hydrogens (tertiary/aromatic N) is 2. The Morgan fingerprint density at radius 1 is 1.11 bits per heavy atom. The molecule has 1 fully saturated rings. The molecule has 7 nitrogen and oxygen atoms in total. The zero-order valence-electron chi connectivity index (χ0n) is 15.3. The molecule has 7 N–H and O–H groups in total. The van der Waals surface area contributed by atoms with Gasteiger partial charge < -0.3 is 27.3 Å². The summed E-state index contributed by atoms with van der Waals surface area (Å²) in [5.41, 5.74) is 8.90. The normalized spacial score (nSPS) is 14.5. The molecular formula is C20H26N6O. The molecular weight excluding hydrogens is 340 g/mol. The molecule has 0 bridgehead atoms. The van der Waals surface area contributed by atoms with Crippen molar-refractivity contribution < 1.29 is 4.74 Å². The minimum Gasteiger partial charge on any atom is -0.396 e. The van der Waals surface area contributed by atoms with Crippen molar-refractivity contribution in [3.05, 3.63) is 54.2 Å². The predicted octanol–water partition coefficient (Wildman–Crippen LogP) is 3.58. The molecule has 0 atom stereocenters. The zero-order chi connectivity index (χ0) is 17.8. The first kappa shape index (κ1) is 18.9. The van der Waals surface area contributed by atoms with Gasteiger partial charge >= 0.3 is 0 Å². The number of anilines is 3. The first-order chi connectivity index (χ1) is 12.8. The van der Waals surface area contributed by atoms with Crippen molar-refractivity contribution in [1.82, 2.24) is 16.1 Å². The average Bonchev–Trinajstić information content (AvgIpc) is 2.69. The standard InChI is InChI=1S/C20H23N5O.H3N/c21-17-4-6-19(24-16-7-10-26-11-8-16)25-20(17)23-13-14-3-5-18-15(12-14)2-1-9-22-18;/h1-6,9,12,16H,7-8,10-11,13,21H2,(H2,23,24,25);1H3. The highest BCUT2D eigenvalue weighted by atomic mass is 16.5. The second kappa shape index (κ2) is 8.66. The van der Waals surface area contributed by atoms with Gasteiger partial charge in [0.25, 0.3) is 0 Å². The van der Waals surface area contributed by atoms with Crippen molar-refractivity contribution in [2.75, 3.05) is 29.6 Å².